The van der Waals surface area contributed by atoms with Crippen molar-refractivity contribution in [2.45, 2.75) is 45.2 Å². The molecule has 4 aliphatic heterocycles. The maximum absolute atomic E-state index is 14.2. The van der Waals surface area contributed by atoms with Gasteiger partial charge in [-0.2, -0.15) is 0 Å². The second-order valence-electron chi connectivity index (χ2n) is 9.59. The number of methoxy groups -OCH3 is 1. The smallest absolute Gasteiger partial charge is 0.341 e. The van der Waals surface area contributed by atoms with Crippen LogP contribution in [-0.2, 0) is 24.7 Å². The number of carbonyl (C=O) groups excluding carboxylic acids is 4. The molecule has 3 fully saturated rings. The van der Waals surface area contributed by atoms with E-state index in [2.05, 4.69) is 10.2 Å². The molecular formula is C25H25N3O5S. The van der Waals surface area contributed by atoms with Crippen LogP contribution >= 0.6 is 11.3 Å². The van der Waals surface area contributed by atoms with Crippen LogP contribution < -0.4 is 10.2 Å². The number of anilines is 2. The van der Waals surface area contributed by atoms with E-state index in [9.17, 15) is 19.2 Å². The lowest BCUT2D eigenvalue weighted by molar-refractivity contribution is -0.135. The van der Waals surface area contributed by atoms with Gasteiger partial charge in [-0.15, -0.1) is 11.3 Å². The van der Waals surface area contributed by atoms with Gasteiger partial charge in [-0.05, 0) is 51.3 Å². The predicted molar refractivity (Wildman–Crippen MR) is 126 cm³/mol. The van der Waals surface area contributed by atoms with E-state index in [-0.39, 0.29) is 23.4 Å². The molecule has 4 aliphatic rings. The first kappa shape index (κ1) is 21.5. The summed E-state index contributed by atoms with van der Waals surface area (Å²) in [5.74, 6) is -3.05. The number of amides is 3. The van der Waals surface area contributed by atoms with Crippen LogP contribution in [0.4, 0.5) is 10.7 Å². The Morgan fingerprint density at radius 2 is 1.94 bits per heavy atom. The van der Waals surface area contributed by atoms with Crippen LogP contribution in [0, 0.1) is 32.6 Å². The summed E-state index contributed by atoms with van der Waals surface area (Å²) in [6, 6.07) is 5.53. The molecule has 176 valence electrons. The van der Waals surface area contributed by atoms with Gasteiger partial charge >= 0.3 is 5.97 Å². The van der Waals surface area contributed by atoms with Crippen LogP contribution in [0.5, 0.6) is 0 Å². The molecule has 6 rings (SSSR count). The number of thiophene rings is 1. The third kappa shape index (κ3) is 2.31. The first-order valence-electron chi connectivity index (χ1n) is 11.5. The molecule has 0 radical (unpaired) electrons. The average molecular weight is 480 g/mol. The molecule has 0 unspecified atom stereocenters. The molecule has 1 spiro atoms. The summed E-state index contributed by atoms with van der Waals surface area (Å²) in [6.07, 6.45) is 1.60. The molecule has 1 aromatic carbocycles. The van der Waals surface area contributed by atoms with Gasteiger partial charge in [0.2, 0.25) is 17.7 Å². The van der Waals surface area contributed by atoms with Gasteiger partial charge in [0.1, 0.15) is 10.5 Å². The third-order valence-corrected chi connectivity index (χ3v) is 9.39. The minimum Gasteiger partial charge on any atom is -0.465 e. The number of para-hydroxylation sites is 1. The summed E-state index contributed by atoms with van der Waals surface area (Å²) in [5, 5.41) is 3.33. The molecule has 5 heterocycles. The van der Waals surface area contributed by atoms with Gasteiger partial charge in [-0.3, -0.25) is 19.3 Å². The standard InChI is InChI=1S/C25H25N3O5S/c1-11-7-5-8-14-19(11)26-24(32)25(14)18-17(15-9-6-10-27(15)25)20(29)28(21(18)30)22-16(23(31)33-4)12(2)13(3)34-22/h5,7-8,15,17-18H,6,9-10H2,1-4H3,(H,26,32)/t15-,17+,18+,25-/m0/s1. The summed E-state index contributed by atoms with van der Waals surface area (Å²) >= 11 is 1.24. The number of fused-ring (bicyclic) bond motifs is 7. The molecule has 1 aromatic heterocycles. The van der Waals surface area contributed by atoms with Crippen LogP contribution in [0.3, 0.4) is 0 Å². The molecule has 2 aromatic rings. The Bertz CT molecular complexity index is 1320. The van der Waals surface area contributed by atoms with Gasteiger partial charge in [0.15, 0.2) is 0 Å². The number of carbonyl (C=O) groups is 4. The van der Waals surface area contributed by atoms with E-state index in [1.165, 1.54) is 23.3 Å². The zero-order valence-electron chi connectivity index (χ0n) is 19.4. The molecule has 9 heteroatoms. The number of nitrogens with zero attached hydrogens (tertiary/aromatic N) is 2. The fourth-order valence-corrected chi connectivity index (χ4v) is 7.84. The first-order chi connectivity index (χ1) is 16.2. The van der Waals surface area contributed by atoms with Gasteiger partial charge in [0.25, 0.3) is 0 Å². The van der Waals surface area contributed by atoms with E-state index >= 15 is 0 Å². The van der Waals surface area contributed by atoms with Gasteiger partial charge in [-0.1, -0.05) is 18.2 Å². The maximum Gasteiger partial charge on any atom is 0.341 e. The highest BCUT2D eigenvalue weighted by Crippen LogP contribution is 2.61. The second kappa shape index (κ2) is 6.99. The average Bonchev–Trinajstić information content (AvgIpc) is 3.56. The SMILES string of the molecule is COC(=O)c1c(N2C(=O)[C@@H]3[C@@H]4CCCN4[C@]4(C(=O)Nc5c(C)cccc54)[C@H]3C2=O)sc(C)c1C. The number of hydrogen-bond donors (Lipinski definition) is 1. The van der Waals surface area contributed by atoms with Gasteiger partial charge < -0.3 is 10.1 Å². The fraction of sp³-hybridized carbons (Fsp3) is 0.440. The lowest BCUT2D eigenvalue weighted by Gasteiger charge is -2.36. The van der Waals surface area contributed by atoms with Crippen molar-refractivity contribution in [1.29, 1.82) is 0 Å². The highest BCUT2D eigenvalue weighted by atomic mass is 32.1. The summed E-state index contributed by atoms with van der Waals surface area (Å²) in [6.45, 7) is 6.23. The molecule has 4 atom stereocenters. The fourth-order valence-electron chi connectivity index (χ4n) is 6.69. The molecule has 8 nitrogen and oxygen atoms in total. The second-order valence-corrected chi connectivity index (χ2v) is 10.8. The van der Waals surface area contributed by atoms with Crippen molar-refractivity contribution in [3.05, 3.63) is 45.3 Å². The highest BCUT2D eigenvalue weighted by Gasteiger charge is 2.75. The van der Waals surface area contributed by atoms with E-state index in [4.69, 9.17) is 4.74 Å². The Morgan fingerprint density at radius 3 is 2.68 bits per heavy atom. The molecular weight excluding hydrogens is 454 g/mol. The minimum absolute atomic E-state index is 0.201. The summed E-state index contributed by atoms with van der Waals surface area (Å²) in [4.78, 5) is 58.6. The molecule has 3 amide bonds. The topological polar surface area (TPSA) is 96.0 Å². The van der Waals surface area contributed by atoms with Crippen molar-refractivity contribution < 1.29 is 23.9 Å². The molecule has 34 heavy (non-hydrogen) atoms. The van der Waals surface area contributed by atoms with E-state index in [1.807, 2.05) is 32.0 Å². The Kier molecular flexibility index (Phi) is 4.42. The van der Waals surface area contributed by atoms with Crippen LogP contribution in [-0.4, -0.2) is 48.3 Å². The number of benzene rings is 1. The van der Waals surface area contributed by atoms with Crippen LogP contribution in [0.1, 0.15) is 44.8 Å². The molecule has 0 bridgehead atoms. The predicted octanol–water partition coefficient (Wildman–Crippen LogP) is 2.89. The number of rotatable bonds is 2. The van der Waals surface area contributed by atoms with Crippen LogP contribution in [0.25, 0.3) is 0 Å². The Balaban J connectivity index is 1.56. The Morgan fingerprint density at radius 1 is 1.18 bits per heavy atom. The Hall–Kier alpha value is -3.04. The summed E-state index contributed by atoms with van der Waals surface area (Å²) < 4.78 is 4.98. The van der Waals surface area contributed by atoms with Crippen molar-refractivity contribution in [3.63, 3.8) is 0 Å². The summed E-state index contributed by atoms with van der Waals surface area (Å²) in [7, 11) is 1.29. The zero-order valence-corrected chi connectivity index (χ0v) is 20.2. The first-order valence-corrected chi connectivity index (χ1v) is 12.3. The number of ether oxygens (including phenoxy) is 1. The minimum atomic E-state index is -1.22. The Labute approximate surface area is 200 Å². The number of aryl methyl sites for hydroxylation is 2. The lowest BCUT2D eigenvalue weighted by Crippen LogP contribution is -2.54. The van der Waals surface area contributed by atoms with E-state index in [0.717, 1.165) is 34.5 Å². The molecule has 0 aliphatic carbocycles. The van der Waals surface area contributed by atoms with E-state index in [1.54, 1.807) is 6.92 Å². The maximum atomic E-state index is 14.2. The van der Waals surface area contributed by atoms with Crippen molar-refractivity contribution in [2.24, 2.45) is 11.8 Å². The van der Waals surface area contributed by atoms with Crippen molar-refractivity contribution in [3.8, 4) is 0 Å². The molecule has 1 N–H and O–H groups in total. The number of imide groups is 1. The van der Waals surface area contributed by atoms with Crippen molar-refractivity contribution >= 4 is 45.7 Å². The van der Waals surface area contributed by atoms with Crippen LogP contribution in [0.15, 0.2) is 18.2 Å². The zero-order chi connectivity index (χ0) is 24.1. The monoisotopic (exact) mass is 479 g/mol. The summed E-state index contributed by atoms with van der Waals surface area (Å²) in [5.41, 5.74) is 2.15. The molecule has 0 saturated carbocycles. The largest absolute Gasteiger partial charge is 0.465 e. The number of esters is 1. The quantitative estimate of drug-likeness (QED) is 0.526. The highest BCUT2D eigenvalue weighted by molar-refractivity contribution is 7.17. The van der Waals surface area contributed by atoms with E-state index in [0.29, 0.717) is 17.1 Å². The number of hydrogen-bond acceptors (Lipinski definition) is 7. The van der Waals surface area contributed by atoms with Gasteiger partial charge in [-0.25, -0.2) is 9.69 Å². The number of nitrogens with one attached hydrogen (secondary N) is 1. The van der Waals surface area contributed by atoms with Crippen molar-refractivity contribution in [2.75, 3.05) is 23.9 Å². The third-order valence-electron chi connectivity index (χ3n) is 8.20. The normalized spacial score (nSPS) is 29.6. The van der Waals surface area contributed by atoms with E-state index < -0.39 is 29.3 Å². The van der Waals surface area contributed by atoms with Crippen molar-refractivity contribution in [1.82, 2.24) is 4.90 Å². The molecule has 3 saturated heterocycles. The van der Waals surface area contributed by atoms with Gasteiger partial charge in [0, 0.05) is 22.2 Å². The van der Waals surface area contributed by atoms with Gasteiger partial charge in [0.05, 0.1) is 24.5 Å². The van der Waals surface area contributed by atoms with Crippen LogP contribution in [0.2, 0.25) is 0 Å². The lowest BCUT2D eigenvalue weighted by atomic mass is 9.75.